The Morgan fingerprint density at radius 1 is 1.25 bits per heavy atom. The summed E-state index contributed by atoms with van der Waals surface area (Å²) in [5.74, 6) is 0.405. The van der Waals surface area contributed by atoms with Crippen LogP contribution in [0.15, 0.2) is 22.3 Å². The van der Waals surface area contributed by atoms with Crippen molar-refractivity contribution < 1.29 is 19.0 Å². The van der Waals surface area contributed by atoms with Crippen molar-refractivity contribution in [1.29, 1.82) is 0 Å². The number of hydrogen-bond donors (Lipinski definition) is 0. The minimum Gasteiger partial charge on any atom is -0.633 e. The highest BCUT2D eigenvalue weighted by Crippen LogP contribution is 2.74. The number of allylic oxidation sites excluding steroid dienone is 3. The fraction of sp³-hybridized carbons (Fsp3) is 0.739. The largest absolute Gasteiger partial charge is 0.633 e. The molecule has 0 N–H and O–H groups in total. The third-order valence-corrected chi connectivity index (χ3v) is 9.87. The molecular weight excluding hydrogens is 354 g/mol. The van der Waals surface area contributed by atoms with Crippen molar-refractivity contribution in [3.05, 3.63) is 27.5 Å². The van der Waals surface area contributed by atoms with E-state index >= 15 is 0 Å². The number of carbonyl (C=O) groups is 2. The van der Waals surface area contributed by atoms with E-state index in [-0.39, 0.29) is 39.8 Å². The second-order valence-electron chi connectivity index (χ2n) is 10.5. The van der Waals surface area contributed by atoms with Crippen LogP contribution in [0.5, 0.6) is 0 Å². The number of carbonyl (C=O) groups excluding carboxylic acids is 2. The molecule has 1 spiro atoms. The number of methoxy groups -OCH3 is 1. The van der Waals surface area contributed by atoms with Crippen molar-refractivity contribution in [2.24, 2.45) is 28.6 Å². The van der Waals surface area contributed by atoms with Gasteiger partial charge in [0.15, 0.2) is 0 Å². The van der Waals surface area contributed by atoms with Crippen LogP contribution in [-0.4, -0.2) is 42.6 Å². The van der Waals surface area contributed by atoms with Crippen LogP contribution >= 0.6 is 0 Å². The molecule has 4 unspecified atom stereocenters. The predicted octanol–water partition coefficient (Wildman–Crippen LogP) is 3.29. The van der Waals surface area contributed by atoms with Gasteiger partial charge in [-0.3, -0.25) is 4.79 Å². The summed E-state index contributed by atoms with van der Waals surface area (Å²) in [6.45, 7) is 5.58. The molecular formula is C23H29NO4. The first-order valence-corrected chi connectivity index (χ1v) is 10.9. The fourth-order valence-corrected chi connectivity index (χ4v) is 8.80. The lowest BCUT2D eigenvalue weighted by atomic mass is 9.45. The molecule has 6 aliphatic rings. The van der Waals surface area contributed by atoms with E-state index in [4.69, 9.17) is 4.74 Å². The molecule has 5 heteroatoms. The average Bonchev–Trinajstić information content (AvgIpc) is 3.26. The molecule has 28 heavy (non-hydrogen) atoms. The lowest BCUT2D eigenvalue weighted by molar-refractivity contribution is -0.908. The van der Waals surface area contributed by atoms with Crippen LogP contribution in [-0.2, 0) is 14.3 Å². The van der Waals surface area contributed by atoms with Gasteiger partial charge in [0, 0.05) is 35.2 Å². The fourth-order valence-electron chi connectivity index (χ4n) is 8.80. The molecule has 0 aromatic rings. The first-order valence-electron chi connectivity index (χ1n) is 10.9. The topological polar surface area (TPSA) is 66.4 Å². The van der Waals surface area contributed by atoms with Gasteiger partial charge in [0.05, 0.1) is 31.7 Å². The van der Waals surface area contributed by atoms with E-state index in [2.05, 4.69) is 13.8 Å². The maximum atomic E-state index is 14.3. The zero-order valence-electron chi connectivity index (χ0n) is 17.0. The van der Waals surface area contributed by atoms with Gasteiger partial charge in [-0.2, -0.15) is 0 Å². The van der Waals surface area contributed by atoms with Crippen LogP contribution in [0.2, 0.25) is 0 Å². The summed E-state index contributed by atoms with van der Waals surface area (Å²) < 4.78 is 5.03. The highest BCUT2D eigenvalue weighted by molar-refractivity contribution is 6.01. The first kappa shape index (κ1) is 17.4. The summed E-state index contributed by atoms with van der Waals surface area (Å²) in [4.78, 5) is 27.0. The quantitative estimate of drug-likeness (QED) is 0.396. The van der Waals surface area contributed by atoms with Gasteiger partial charge in [-0.15, -0.1) is 0 Å². The number of Topliss-reactive ketones (excluding diaryl/α,β-unsaturated/α-hetero) is 1. The van der Waals surface area contributed by atoms with Crippen molar-refractivity contribution in [3.8, 4) is 0 Å². The van der Waals surface area contributed by atoms with E-state index in [1.807, 2.05) is 0 Å². The number of ketones is 1. The highest BCUT2D eigenvalue weighted by Gasteiger charge is 2.78. The average molecular weight is 383 g/mol. The van der Waals surface area contributed by atoms with E-state index in [0.717, 1.165) is 43.3 Å². The van der Waals surface area contributed by atoms with Gasteiger partial charge in [0.25, 0.3) is 0 Å². The second-order valence-corrected chi connectivity index (χ2v) is 10.5. The van der Waals surface area contributed by atoms with E-state index in [0.29, 0.717) is 25.3 Å². The Kier molecular flexibility index (Phi) is 3.10. The van der Waals surface area contributed by atoms with E-state index in [1.54, 1.807) is 0 Å². The standard InChI is InChI=1S/C23H29NO4/c1-12-10-24(27)11-14-6-4-13-5-7-15-17(21(26)28-3)9-23(19(13)15)20(25)16(12)8-18(24)22(14,23)2/h12,14,16,18H,4-11H2,1-3H3/t12?,14?,16-,18?,22-,23+,24?/m1/s1. The number of rotatable bonds is 1. The van der Waals surface area contributed by atoms with Gasteiger partial charge >= 0.3 is 5.97 Å². The Hall–Kier alpha value is -1.46. The lowest BCUT2D eigenvalue weighted by Gasteiger charge is -2.62. The summed E-state index contributed by atoms with van der Waals surface area (Å²) in [6.07, 6.45) is 5.03. The molecule has 6 rings (SSSR count). The van der Waals surface area contributed by atoms with Crippen LogP contribution in [0.4, 0.5) is 0 Å². The highest BCUT2D eigenvalue weighted by atomic mass is 16.6. The number of esters is 1. The van der Waals surface area contributed by atoms with E-state index in [9.17, 15) is 14.8 Å². The minimum absolute atomic E-state index is 0.0119. The maximum Gasteiger partial charge on any atom is 0.334 e. The normalized spacial score (nSPS) is 50.8. The molecule has 4 aliphatic carbocycles. The Balaban J connectivity index is 1.65. The molecule has 2 bridgehead atoms. The summed E-state index contributed by atoms with van der Waals surface area (Å²) in [7, 11) is 1.44. The van der Waals surface area contributed by atoms with Gasteiger partial charge in [0.2, 0.25) is 0 Å². The molecule has 0 aromatic heterocycles. The number of hydroxylamine groups is 3. The van der Waals surface area contributed by atoms with Gasteiger partial charge < -0.3 is 14.6 Å². The number of hydrogen-bond acceptors (Lipinski definition) is 4. The van der Waals surface area contributed by atoms with Crippen LogP contribution in [0.1, 0.15) is 52.4 Å². The number of quaternary nitrogens is 1. The molecule has 150 valence electrons. The summed E-state index contributed by atoms with van der Waals surface area (Å²) in [6, 6.07) is -0.0119. The second kappa shape index (κ2) is 4.99. The molecule has 2 saturated heterocycles. The van der Waals surface area contributed by atoms with Gasteiger partial charge in [-0.25, -0.2) is 4.79 Å². The molecule has 0 aromatic carbocycles. The molecule has 5 nitrogen and oxygen atoms in total. The minimum atomic E-state index is -0.661. The lowest BCUT2D eigenvalue weighted by Crippen LogP contribution is -2.68. The van der Waals surface area contributed by atoms with Crippen molar-refractivity contribution in [3.63, 3.8) is 0 Å². The summed E-state index contributed by atoms with van der Waals surface area (Å²) >= 11 is 0. The first-order chi connectivity index (χ1) is 13.3. The van der Waals surface area contributed by atoms with Crippen molar-refractivity contribution >= 4 is 11.8 Å². The number of piperidine rings is 1. The van der Waals surface area contributed by atoms with Gasteiger partial charge in [-0.1, -0.05) is 19.4 Å². The number of ether oxygens (including phenoxy) is 1. The summed E-state index contributed by atoms with van der Waals surface area (Å²) in [5, 5.41) is 14.0. The maximum absolute atomic E-state index is 14.3. The monoisotopic (exact) mass is 383 g/mol. The van der Waals surface area contributed by atoms with Crippen LogP contribution in [0.25, 0.3) is 0 Å². The molecule has 0 amide bonds. The Morgan fingerprint density at radius 2 is 2.04 bits per heavy atom. The smallest absolute Gasteiger partial charge is 0.334 e. The Morgan fingerprint density at radius 3 is 2.79 bits per heavy atom. The van der Waals surface area contributed by atoms with E-state index < -0.39 is 5.41 Å². The molecule has 3 fully saturated rings. The van der Waals surface area contributed by atoms with Crippen LogP contribution < -0.4 is 0 Å². The Labute approximate surface area is 166 Å². The molecule has 2 aliphatic heterocycles. The molecule has 7 atom stereocenters. The zero-order chi connectivity index (χ0) is 19.6. The van der Waals surface area contributed by atoms with Crippen molar-refractivity contribution in [2.45, 2.75) is 58.4 Å². The Bertz CT molecular complexity index is 902. The third kappa shape index (κ3) is 1.59. The zero-order valence-corrected chi connectivity index (χ0v) is 17.0. The van der Waals surface area contributed by atoms with Crippen LogP contribution in [0.3, 0.4) is 0 Å². The third-order valence-electron chi connectivity index (χ3n) is 9.87. The number of fused-ring (bicyclic) bond motifs is 1. The predicted molar refractivity (Wildman–Crippen MR) is 103 cm³/mol. The van der Waals surface area contributed by atoms with E-state index in [1.165, 1.54) is 18.3 Å². The van der Waals surface area contributed by atoms with Gasteiger partial charge in [-0.05, 0) is 43.3 Å². The molecule has 0 radical (unpaired) electrons. The van der Waals surface area contributed by atoms with Crippen molar-refractivity contribution in [1.82, 2.24) is 0 Å². The van der Waals surface area contributed by atoms with Gasteiger partial charge in [0.1, 0.15) is 5.78 Å². The molecule has 2 heterocycles. The SMILES string of the molecule is COC(=O)C1=C2CCC3=C2[C@@]2(C1)C(=O)[C@@H]1CC4[C@@]2(C)C(CC3)C[N+]4([O-])CC1C. The van der Waals surface area contributed by atoms with Crippen molar-refractivity contribution in [2.75, 3.05) is 20.2 Å². The summed E-state index contributed by atoms with van der Waals surface area (Å²) in [5.41, 5.74) is 3.41. The number of nitrogens with zero attached hydrogens (tertiary/aromatic N) is 1. The molecule has 1 saturated carbocycles. The van der Waals surface area contributed by atoms with Crippen LogP contribution in [0, 0.1) is 33.8 Å².